The Labute approximate surface area is 291 Å². The Kier molecular flexibility index (Phi) is 12.9. The van der Waals surface area contributed by atoms with Crippen LogP contribution in [0.1, 0.15) is 48.1 Å². The first-order valence-corrected chi connectivity index (χ1v) is 16.4. The van der Waals surface area contributed by atoms with Crippen molar-refractivity contribution >= 4 is 47.3 Å². The zero-order valence-corrected chi connectivity index (χ0v) is 28.9. The molecule has 3 aromatic carbocycles. The second-order valence-electron chi connectivity index (χ2n) is 12.9. The summed E-state index contributed by atoms with van der Waals surface area (Å²) in [6.45, 7) is 5.75. The summed E-state index contributed by atoms with van der Waals surface area (Å²) in [4.78, 5) is 64.8. The number of amides is 8. The number of anilines is 2. The van der Waals surface area contributed by atoms with Crippen LogP contribution >= 0.6 is 0 Å². The highest BCUT2D eigenvalue weighted by atomic mass is 16.2. The summed E-state index contributed by atoms with van der Waals surface area (Å²) in [6, 6.07) is 17.5. The van der Waals surface area contributed by atoms with Crippen LogP contribution in [0, 0.1) is 5.41 Å². The summed E-state index contributed by atoms with van der Waals surface area (Å²) < 4.78 is 0. The molecular weight excluding hydrogens is 638 g/mol. The quantitative estimate of drug-likeness (QED) is 0.0617. The standard InChI is InChI=1S/C36H45N9O5/c1-36(2,21-40-32(47)37-3)22-41-34(49)43-29-10-6-24(7-11-29)20-39-33(48)38-14-5-15-45(4)35(50)44-31-13-9-26-16-25-8-12-30(42-23-46)18-27(25)17-28(26)19-31/h6-13,18-19H,5,14-17,20-22H2,1-4H3,(H,44,50)(H2,37,40,47)(H2,38,39,48)(H2,41,43,49). The third-order valence-corrected chi connectivity index (χ3v) is 8.23. The van der Waals surface area contributed by atoms with Crippen LogP contribution in [0.2, 0.25) is 0 Å². The molecule has 4 rings (SSSR count). The molecular formula is C36H45N9O5. The Morgan fingerprint density at radius 3 is 2.10 bits per heavy atom. The molecule has 14 heteroatoms. The summed E-state index contributed by atoms with van der Waals surface area (Å²) in [5.41, 5.74) is 6.99. The van der Waals surface area contributed by atoms with Gasteiger partial charge in [-0.05, 0) is 88.9 Å². The van der Waals surface area contributed by atoms with E-state index in [9.17, 15) is 24.0 Å². The van der Waals surface area contributed by atoms with Gasteiger partial charge in [-0.1, -0.05) is 38.1 Å². The SMILES string of the molecule is CNC(=O)NCC(C)(C)CNC(=O)Nc1ccc(CNC(=O)NCCCN(C)C(=O)Nc2ccc3c(c2)Cc2cc(N=C=O)ccc2C3)cc1. The minimum absolute atomic E-state index is 0.248. The van der Waals surface area contributed by atoms with E-state index in [1.165, 1.54) is 11.1 Å². The lowest BCUT2D eigenvalue weighted by atomic mass is 9.85. The molecule has 50 heavy (non-hydrogen) atoms. The minimum atomic E-state index is -0.361. The number of rotatable bonds is 13. The number of nitrogens with one attached hydrogen (secondary N) is 7. The van der Waals surface area contributed by atoms with Crippen molar-refractivity contribution in [2.24, 2.45) is 10.4 Å². The normalized spacial score (nSPS) is 11.4. The molecule has 1 aliphatic carbocycles. The Morgan fingerprint density at radius 1 is 0.760 bits per heavy atom. The zero-order valence-electron chi connectivity index (χ0n) is 28.9. The van der Waals surface area contributed by atoms with Crippen molar-refractivity contribution in [2.75, 3.05) is 50.9 Å². The van der Waals surface area contributed by atoms with Gasteiger partial charge in [0.05, 0.1) is 5.69 Å². The Bertz CT molecular complexity index is 1740. The van der Waals surface area contributed by atoms with Crippen molar-refractivity contribution in [1.29, 1.82) is 0 Å². The second-order valence-corrected chi connectivity index (χ2v) is 12.9. The lowest BCUT2D eigenvalue weighted by Gasteiger charge is -2.25. The molecule has 7 N–H and O–H groups in total. The molecule has 264 valence electrons. The zero-order chi connectivity index (χ0) is 36.1. The molecule has 0 saturated heterocycles. The van der Waals surface area contributed by atoms with E-state index >= 15 is 0 Å². The van der Waals surface area contributed by atoms with Crippen molar-refractivity contribution in [1.82, 2.24) is 31.5 Å². The van der Waals surface area contributed by atoms with E-state index in [-0.39, 0.29) is 29.5 Å². The van der Waals surface area contributed by atoms with Crippen molar-refractivity contribution in [2.45, 2.75) is 39.7 Å². The average molecular weight is 684 g/mol. The predicted molar refractivity (Wildman–Crippen MR) is 192 cm³/mol. The van der Waals surface area contributed by atoms with Crippen LogP contribution in [0.5, 0.6) is 0 Å². The molecule has 3 aromatic rings. The van der Waals surface area contributed by atoms with Crippen molar-refractivity contribution < 1.29 is 24.0 Å². The maximum absolute atomic E-state index is 12.8. The molecule has 0 atom stereocenters. The first kappa shape index (κ1) is 36.9. The number of nitrogens with zero attached hydrogens (tertiary/aromatic N) is 2. The van der Waals surface area contributed by atoms with Crippen molar-refractivity contribution in [3.05, 3.63) is 88.5 Å². The van der Waals surface area contributed by atoms with Crippen LogP contribution < -0.4 is 37.2 Å². The smallest absolute Gasteiger partial charge is 0.321 e. The Morgan fingerprint density at radius 2 is 1.40 bits per heavy atom. The van der Waals surface area contributed by atoms with Crippen LogP contribution in [0.4, 0.5) is 36.2 Å². The number of fused-ring (bicyclic) bond motifs is 2. The van der Waals surface area contributed by atoms with E-state index in [4.69, 9.17) is 0 Å². The van der Waals surface area contributed by atoms with E-state index in [0.717, 1.165) is 23.1 Å². The summed E-state index contributed by atoms with van der Waals surface area (Å²) >= 11 is 0. The summed E-state index contributed by atoms with van der Waals surface area (Å²) in [6.07, 6.45) is 3.60. The number of hydrogen-bond donors (Lipinski definition) is 7. The maximum atomic E-state index is 12.8. The van der Waals surface area contributed by atoms with Gasteiger partial charge < -0.3 is 42.1 Å². The third kappa shape index (κ3) is 11.4. The van der Waals surface area contributed by atoms with Gasteiger partial charge in [-0.15, -0.1) is 0 Å². The van der Waals surface area contributed by atoms with Gasteiger partial charge in [0, 0.05) is 58.2 Å². The number of hydrogen-bond acceptors (Lipinski definition) is 6. The Balaban J connectivity index is 1.11. The van der Waals surface area contributed by atoms with Crippen LogP contribution in [-0.4, -0.2) is 75.4 Å². The third-order valence-electron chi connectivity index (χ3n) is 8.23. The van der Waals surface area contributed by atoms with E-state index in [0.29, 0.717) is 62.6 Å². The fourth-order valence-electron chi connectivity index (χ4n) is 5.28. The van der Waals surface area contributed by atoms with Gasteiger partial charge in [-0.25, -0.2) is 24.0 Å². The van der Waals surface area contributed by atoms with Crippen molar-refractivity contribution in [3.8, 4) is 0 Å². The topological polar surface area (TPSA) is 185 Å². The molecule has 8 amide bonds. The van der Waals surface area contributed by atoms with Crippen LogP contribution in [0.3, 0.4) is 0 Å². The Hall–Kier alpha value is -5.88. The average Bonchev–Trinajstić information content (AvgIpc) is 3.10. The molecule has 0 radical (unpaired) electrons. The van der Waals surface area contributed by atoms with E-state index in [2.05, 4.69) is 42.2 Å². The highest BCUT2D eigenvalue weighted by molar-refractivity contribution is 5.90. The fourth-order valence-corrected chi connectivity index (χ4v) is 5.28. The molecule has 0 aromatic heterocycles. The number of benzene rings is 3. The first-order chi connectivity index (χ1) is 23.9. The summed E-state index contributed by atoms with van der Waals surface area (Å²) in [5.74, 6) is 0. The highest BCUT2D eigenvalue weighted by Gasteiger charge is 2.20. The van der Waals surface area contributed by atoms with Gasteiger partial charge in [0.1, 0.15) is 0 Å². The molecule has 0 spiro atoms. The molecule has 1 aliphatic rings. The van der Waals surface area contributed by atoms with E-state index in [1.54, 1.807) is 37.2 Å². The fraction of sp³-hybridized carbons (Fsp3) is 0.361. The van der Waals surface area contributed by atoms with Crippen LogP contribution in [0.25, 0.3) is 0 Å². The number of carbonyl (C=O) groups excluding carboxylic acids is 5. The van der Waals surface area contributed by atoms with Crippen LogP contribution in [0.15, 0.2) is 65.7 Å². The number of carbonyl (C=O) groups is 4. The summed E-state index contributed by atoms with van der Waals surface area (Å²) in [5, 5.41) is 19.4. The van der Waals surface area contributed by atoms with Gasteiger partial charge in [-0.2, -0.15) is 4.99 Å². The molecule has 0 fully saturated rings. The van der Waals surface area contributed by atoms with Crippen molar-refractivity contribution in [3.63, 3.8) is 0 Å². The van der Waals surface area contributed by atoms with Gasteiger partial charge >= 0.3 is 24.1 Å². The monoisotopic (exact) mass is 683 g/mol. The molecule has 0 saturated carbocycles. The largest absolute Gasteiger partial charge is 0.341 e. The van der Waals surface area contributed by atoms with E-state index < -0.39 is 0 Å². The van der Waals surface area contributed by atoms with Gasteiger partial charge in [0.15, 0.2) is 0 Å². The summed E-state index contributed by atoms with van der Waals surface area (Å²) in [7, 11) is 3.25. The number of aliphatic imine (C=N–C) groups is 1. The lowest BCUT2D eigenvalue weighted by molar-refractivity contribution is 0.221. The molecule has 0 aliphatic heterocycles. The van der Waals surface area contributed by atoms with Crippen LogP contribution in [-0.2, 0) is 24.2 Å². The number of urea groups is 4. The predicted octanol–water partition coefficient (Wildman–Crippen LogP) is 4.58. The van der Waals surface area contributed by atoms with Gasteiger partial charge in [0.25, 0.3) is 0 Å². The van der Waals surface area contributed by atoms with E-state index in [1.807, 2.05) is 62.4 Å². The van der Waals surface area contributed by atoms with Gasteiger partial charge in [-0.3, -0.25) is 0 Å². The maximum Gasteiger partial charge on any atom is 0.321 e. The lowest BCUT2D eigenvalue weighted by Crippen LogP contribution is -2.45. The second kappa shape index (κ2) is 17.5. The van der Waals surface area contributed by atoms with Gasteiger partial charge in [0.2, 0.25) is 6.08 Å². The molecule has 0 bridgehead atoms. The molecule has 0 unspecified atom stereocenters. The highest BCUT2D eigenvalue weighted by Crippen LogP contribution is 2.31. The first-order valence-electron chi connectivity index (χ1n) is 16.4. The minimum Gasteiger partial charge on any atom is -0.341 e. The number of isocyanates is 1. The molecule has 14 nitrogen and oxygen atoms in total. The molecule has 0 heterocycles.